The van der Waals surface area contributed by atoms with Crippen molar-refractivity contribution >= 4 is 0 Å². The number of aliphatic hydroxyl groups excluding tert-OH is 1. The Hall–Kier alpha value is -3.18. The molecular weight excluding hydrogens is 421 g/mol. The number of terminal acetylenes is 1. The summed E-state index contributed by atoms with van der Waals surface area (Å²) in [4.78, 5) is 2.11. The van der Waals surface area contributed by atoms with Gasteiger partial charge in [-0.25, -0.2) is 9.07 Å². The maximum atomic E-state index is 14.4. The highest BCUT2D eigenvalue weighted by molar-refractivity contribution is 5.43. The Balaban J connectivity index is 1.93. The summed E-state index contributed by atoms with van der Waals surface area (Å²) < 4.78 is 27.5. The molecule has 1 heterocycles. The van der Waals surface area contributed by atoms with E-state index in [1.54, 1.807) is 22.9 Å². The molecule has 0 saturated carbocycles. The van der Waals surface area contributed by atoms with Crippen LogP contribution in [0.15, 0.2) is 54.6 Å². The molecule has 0 spiro atoms. The third kappa shape index (κ3) is 6.65. The number of rotatable bonds is 12. The number of aromatic nitrogens is 2. The van der Waals surface area contributed by atoms with Crippen LogP contribution >= 0.6 is 0 Å². The van der Waals surface area contributed by atoms with E-state index in [4.69, 9.17) is 21.0 Å². The second kappa shape index (κ2) is 12.2. The topological polar surface area (TPSA) is 59.8 Å². The lowest BCUT2D eigenvalue weighted by Gasteiger charge is -2.25. The van der Waals surface area contributed by atoms with Gasteiger partial charge in [-0.15, -0.1) is 6.42 Å². The first-order valence-electron chi connectivity index (χ1n) is 11.0. The molecule has 0 radical (unpaired) electrons. The van der Waals surface area contributed by atoms with Crippen molar-refractivity contribution in [1.82, 2.24) is 14.7 Å². The second-order valence-corrected chi connectivity index (χ2v) is 7.76. The first-order valence-corrected chi connectivity index (χ1v) is 11.0. The maximum Gasteiger partial charge on any atom is 0.227 e. The number of benzene rings is 2. The van der Waals surface area contributed by atoms with Gasteiger partial charge in [-0.05, 0) is 44.2 Å². The number of nitrogens with zero attached hydrogens (tertiary/aromatic N) is 3. The summed E-state index contributed by atoms with van der Waals surface area (Å²) in [5.74, 6) is 2.52. The van der Waals surface area contributed by atoms with Gasteiger partial charge in [0.1, 0.15) is 6.61 Å². The maximum absolute atomic E-state index is 14.4. The van der Waals surface area contributed by atoms with Crippen LogP contribution in [0.1, 0.15) is 24.6 Å². The van der Waals surface area contributed by atoms with Crippen molar-refractivity contribution in [2.45, 2.75) is 32.9 Å². The lowest BCUT2D eigenvalue weighted by Crippen LogP contribution is -2.35. The van der Waals surface area contributed by atoms with Crippen molar-refractivity contribution in [3.05, 3.63) is 71.7 Å². The quantitative estimate of drug-likeness (QED) is 0.328. The number of aliphatic hydroxyl groups is 1. The van der Waals surface area contributed by atoms with Gasteiger partial charge >= 0.3 is 0 Å². The molecule has 1 N–H and O–H groups in total. The number of ether oxygens (including phenoxy) is 2. The molecule has 0 bridgehead atoms. The minimum Gasteiger partial charge on any atom is -0.435 e. The molecule has 7 heteroatoms. The molecule has 174 valence electrons. The molecule has 0 aliphatic rings. The smallest absolute Gasteiger partial charge is 0.227 e. The molecule has 0 saturated heterocycles. The highest BCUT2D eigenvalue weighted by Gasteiger charge is 2.23. The van der Waals surface area contributed by atoms with E-state index < -0.39 is 11.9 Å². The SMILES string of the molecule is C#CCOC[C@H](O)CN(CCC)Cc1c(C)nn(-c2ccccc2)c1Oc1ccccc1F. The van der Waals surface area contributed by atoms with Gasteiger partial charge in [0.15, 0.2) is 11.6 Å². The van der Waals surface area contributed by atoms with Crippen molar-refractivity contribution in [2.24, 2.45) is 0 Å². The van der Waals surface area contributed by atoms with E-state index in [-0.39, 0.29) is 19.0 Å². The third-order valence-corrected chi connectivity index (χ3v) is 5.07. The monoisotopic (exact) mass is 451 g/mol. The van der Waals surface area contributed by atoms with E-state index in [0.717, 1.165) is 29.9 Å². The Morgan fingerprint density at radius 2 is 1.91 bits per heavy atom. The molecule has 1 atom stereocenters. The Morgan fingerprint density at radius 3 is 2.61 bits per heavy atom. The Bertz CT molecular complexity index is 1060. The zero-order chi connectivity index (χ0) is 23.6. The summed E-state index contributed by atoms with van der Waals surface area (Å²) in [6.45, 7) is 5.92. The highest BCUT2D eigenvalue weighted by Crippen LogP contribution is 2.32. The van der Waals surface area contributed by atoms with E-state index >= 15 is 0 Å². The van der Waals surface area contributed by atoms with Gasteiger partial charge in [0, 0.05) is 13.1 Å². The molecule has 3 aromatic rings. The Kier molecular flexibility index (Phi) is 9.02. The predicted molar refractivity (Wildman–Crippen MR) is 126 cm³/mol. The molecule has 0 aliphatic carbocycles. The van der Waals surface area contributed by atoms with Crippen molar-refractivity contribution in [2.75, 3.05) is 26.3 Å². The summed E-state index contributed by atoms with van der Waals surface area (Å²) in [5, 5.41) is 15.1. The Morgan fingerprint density at radius 1 is 1.18 bits per heavy atom. The number of para-hydroxylation sites is 2. The number of hydrogen-bond acceptors (Lipinski definition) is 5. The van der Waals surface area contributed by atoms with Crippen LogP contribution in [0.3, 0.4) is 0 Å². The summed E-state index contributed by atoms with van der Waals surface area (Å²) in [7, 11) is 0. The van der Waals surface area contributed by atoms with Crippen LogP contribution in [0.5, 0.6) is 11.6 Å². The van der Waals surface area contributed by atoms with Crippen LogP contribution < -0.4 is 4.74 Å². The van der Waals surface area contributed by atoms with Gasteiger partial charge in [-0.2, -0.15) is 5.10 Å². The Labute approximate surface area is 194 Å². The molecular formula is C26H30FN3O3. The lowest BCUT2D eigenvalue weighted by atomic mass is 10.2. The molecule has 1 aromatic heterocycles. The lowest BCUT2D eigenvalue weighted by molar-refractivity contribution is 0.0259. The van der Waals surface area contributed by atoms with E-state index in [9.17, 15) is 9.50 Å². The third-order valence-electron chi connectivity index (χ3n) is 5.07. The van der Waals surface area contributed by atoms with Crippen LogP contribution in [0, 0.1) is 25.1 Å². The molecule has 0 aliphatic heterocycles. The normalized spacial score (nSPS) is 12.0. The number of halogens is 1. The van der Waals surface area contributed by atoms with E-state index in [0.29, 0.717) is 19.0 Å². The average molecular weight is 452 g/mol. The van der Waals surface area contributed by atoms with Crippen LogP contribution in [0.2, 0.25) is 0 Å². The zero-order valence-electron chi connectivity index (χ0n) is 19.1. The number of hydrogen-bond donors (Lipinski definition) is 1. The first-order chi connectivity index (χ1) is 16.0. The number of aryl methyl sites for hydroxylation is 1. The predicted octanol–water partition coefficient (Wildman–Crippen LogP) is 4.33. The molecule has 0 unspecified atom stereocenters. The summed E-state index contributed by atoms with van der Waals surface area (Å²) in [5.41, 5.74) is 2.40. The minimum absolute atomic E-state index is 0.126. The molecule has 2 aromatic carbocycles. The van der Waals surface area contributed by atoms with E-state index in [1.165, 1.54) is 6.07 Å². The van der Waals surface area contributed by atoms with Gasteiger partial charge in [0.05, 0.1) is 29.7 Å². The van der Waals surface area contributed by atoms with Crippen molar-refractivity contribution < 1.29 is 19.0 Å². The van der Waals surface area contributed by atoms with Crippen LogP contribution in [-0.2, 0) is 11.3 Å². The van der Waals surface area contributed by atoms with E-state index in [1.807, 2.05) is 37.3 Å². The minimum atomic E-state index is -0.690. The van der Waals surface area contributed by atoms with Crippen LogP contribution in [0.4, 0.5) is 4.39 Å². The largest absolute Gasteiger partial charge is 0.435 e. The van der Waals surface area contributed by atoms with Gasteiger partial charge in [-0.3, -0.25) is 4.90 Å². The van der Waals surface area contributed by atoms with Crippen LogP contribution in [0.25, 0.3) is 5.69 Å². The van der Waals surface area contributed by atoms with Crippen molar-refractivity contribution in [1.29, 1.82) is 0 Å². The molecule has 0 amide bonds. The highest BCUT2D eigenvalue weighted by atomic mass is 19.1. The van der Waals surface area contributed by atoms with Crippen LogP contribution in [-0.4, -0.2) is 52.2 Å². The van der Waals surface area contributed by atoms with Crippen molar-refractivity contribution in [3.63, 3.8) is 0 Å². The molecule has 33 heavy (non-hydrogen) atoms. The second-order valence-electron chi connectivity index (χ2n) is 7.76. The van der Waals surface area contributed by atoms with Gasteiger partial charge in [-0.1, -0.05) is 43.2 Å². The van der Waals surface area contributed by atoms with E-state index in [2.05, 4.69) is 17.7 Å². The van der Waals surface area contributed by atoms with Gasteiger partial charge in [0.25, 0.3) is 0 Å². The standard InChI is InChI=1S/C26H30FN3O3/c1-4-15-29(17-22(31)19-32-16-5-2)18-23-20(3)28-30(21-11-7-6-8-12-21)26(23)33-25-14-10-9-13-24(25)27/h2,6-14,22,31H,4,15-19H2,1,3H3/t22-/m1/s1. The fourth-order valence-corrected chi connectivity index (χ4v) is 3.58. The molecule has 0 fully saturated rings. The molecule has 6 nitrogen and oxygen atoms in total. The first kappa shape index (κ1) is 24.5. The molecule has 3 rings (SSSR count). The van der Waals surface area contributed by atoms with Gasteiger partial charge in [0.2, 0.25) is 5.88 Å². The fraction of sp³-hybridized carbons (Fsp3) is 0.346. The van der Waals surface area contributed by atoms with Crippen molar-refractivity contribution in [3.8, 4) is 29.7 Å². The summed E-state index contributed by atoms with van der Waals surface area (Å²) in [6.07, 6.45) is 5.41. The fourth-order valence-electron chi connectivity index (χ4n) is 3.58. The summed E-state index contributed by atoms with van der Waals surface area (Å²) >= 11 is 0. The average Bonchev–Trinajstić information content (AvgIpc) is 3.11. The summed E-state index contributed by atoms with van der Waals surface area (Å²) in [6, 6.07) is 15.9. The van der Waals surface area contributed by atoms with Gasteiger partial charge < -0.3 is 14.6 Å². The zero-order valence-corrected chi connectivity index (χ0v) is 19.1.